The molecule has 3 aromatic rings. The lowest BCUT2D eigenvalue weighted by Crippen LogP contribution is -2.48. The number of methoxy groups -OCH3 is 1. The van der Waals surface area contributed by atoms with Crippen LogP contribution in [0.25, 0.3) is 11.1 Å². The number of carbonyl (C=O) groups is 1. The van der Waals surface area contributed by atoms with E-state index in [1.54, 1.807) is 30.6 Å². The van der Waals surface area contributed by atoms with Gasteiger partial charge in [0, 0.05) is 46.3 Å². The summed E-state index contributed by atoms with van der Waals surface area (Å²) in [6.07, 6.45) is -1.65. The van der Waals surface area contributed by atoms with Crippen molar-refractivity contribution in [3.05, 3.63) is 71.0 Å². The van der Waals surface area contributed by atoms with Gasteiger partial charge in [0.25, 0.3) is 0 Å². The highest BCUT2D eigenvalue weighted by Crippen LogP contribution is 2.41. The minimum Gasteiger partial charge on any atom is -0.497 e. The fourth-order valence-corrected chi connectivity index (χ4v) is 4.03. The van der Waals surface area contributed by atoms with Crippen molar-refractivity contribution in [1.82, 2.24) is 4.98 Å². The zero-order chi connectivity index (χ0) is 23.0. The van der Waals surface area contributed by atoms with E-state index in [9.17, 15) is 18.0 Å². The normalized spacial score (nSPS) is 15.4. The van der Waals surface area contributed by atoms with E-state index in [2.05, 4.69) is 10.3 Å². The van der Waals surface area contributed by atoms with Crippen LogP contribution in [0, 0.1) is 6.92 Å². The number of ether oxygens (including phenoxy) is 1. The number of pyridine rings is 1. The van der Waals surface area contributed by atoms with Crippen molar-refractivity contribution in [1.29, 1.82) is 0 Å². The van der Waals surface area contributed by atoms with Crippen molar-refractivity contribution in [2.45, 2.75) is 25.6 Å². The van der Waals surface area contributed by atoms with Crippen LogP contribution in [0.2, 0.25) is 5.02 Å². The van der Waals surface area contributed by atoms with Crippen LogP contribution in [0.1, 0.15) is 11.1 Å². The Labute approximate surface area is 187 Å². The van der Waals surface area contributed by atoms with Gasteiger partial charge in [-0.1, -0.05) is 11.6 Å². The monoisotopic (exact) mass is 461 g/mol. The van der Waals surface area contributed by atoms with E-state index in [1.165, 1.54) is 25.3 Å². The lowest BCUT2D eigenvalue weighted by atomic mass is 10.0. The van der Waals surface area contributed by atoms with E-state index >= 15 is 0 Å². The molecule has 5 nitrogen and oxygen atoms in total. The first-order chi connectivity index (χ1) is 15.2. The maximum atomic E-state index is 13.8. The van der Waals surface area contributed by atoms with E-state index in [-0.39, 0.29) is 12.1 Å². The highest BCUT2D eigenvalue weighted by molar-refractivity contribution is 6.33. The third-order valence-electron chi connectivity index (χ3n) is 5.41. The Kier molecular flexibility index (Phi) is 5.73. The first-order valence-electron chi connectivity index (χ1n) is 9.73. The number of amides is 2. The van der Waals surface area contributed by atoms with Crippen molar-refractivity contribution >= 4 is 29.0 Å². The second-order valence-electron chi connectivity index (χ2n) is 7.44. The number of anilines is 2. The first-order valence-corrected chi connectivity index (χ1v) is 10.1. The Morgan fingerprint density at radius 2 is 1.97 bits per heavy atom. The number of hydrogen-bond donors (Lipinski definition) is 1. The highest BCUT2D eigenvalue weighted by atomic mass is 35.5. The van der Waals surface area contributed by atoms with Gasteiger partial charge in [-0.2, -0.15) is 13.2 Å². The number of benzene rings is 2. The number of rotatable bonds is 3. The lowest BCUT2D eigenvalue weighted by Gasteiger charge is -2.27. The molecule has 0 radical (unpaired) electrons. The van der Waals surface area contributed by atoms with Crippen LogP contribution in [-0.4, -0.2) is 30.3 Å². The molecule has 166 valence electrons. The molecule has 0 saturated heterocycles. The molecule has 4 rings (SSSR count). The molecule has 1 N–H and O–H groups in total. The molecule has 32 heavy (non-hydrogen) atoms. The van der Waals surface area contributed by atoms with Crippen LogP contribution >= 0.6 is 11.6 Å². The van der Waals surface area contributed by atoms with E-state index in [0.29, 0.717) is 27.6 Å². The summed E-state index contributed by atoms with van der Waals surface area (Å²) in [7, 11) is 1.44. The molecule has 1 aromatic heterocycles. The number of halogens is 4. The van der Waals surface area contributed by atoms with Crippen LogP contribution < -0.4 is 15.0 Å². The SMILES string of the molecule is COc1ccc2c(c1)C[C@@H](C(F)(F)F)N2C(=O)Nc1ccc(Cl)c(-c2cnccc2C)c1. The molecule has 9 heteroatoms. The predicted molar refractivity (Wildman–Crippen MR) is 117 cm³/mol. The Morgan fingerprint density at radius 1 is 1.19 bits per heavy atom. The van der Waals surface area contributed by atoms with E-state index in [0.717, 1.165) is 16.0 Å². The molecule has 0 unspecified atom stereocenters. The molecule has 0 saturated carbocycles. The maximum absolute atomic E-state index is 13.8. The molecular weight excluding hydrogens is 443 g/mol. The van der Waals surface area contributed by atoms with E-state index < -0.39 is 18.2 Å². The number of hydrogen-bond acceptors (Lipinski definition) is 3. The molecular formula is C23H19ClF3N3O2. The van der Waals surface area contributed by atoms with E-state index in [1.807, 2.05) is 13.0 Å². The van der Waals surface area contributed by atoms with Crippen molar-refractivity contribution < 1.29 is 22.7 Å². The van der Waals surface area contributed by atoms with E-state index in [4.69, 9.17) is 16.3 Å². The summed E-state index contributed by atoms with van der Waals surface area (Å²) in [6, 6.07) is 8.23. The van der Waals surface area contributed by atoms with Gasteiger partial charge in [0.2, 0.25) is 0 Å². The second kappa shape index (κ2) is 8.35. The Bertz CT molecular complexity index is 1180. The number of alkyl halides is 3. The zero-order valence-corrected chi connectivity index (χ0v) is 18.0. The molecule has 2 amide bonds. The minimum absolute atomic E-state index is 0.197. The summed E-state index contributed by atoms with van der Waals surface area (Å²) < 4.78 is 46.4. The summed E-state index contributed by atoms with van der Waals surface area (Å²) in [6.45, 7) is 1.89. The van der Waals surface area contributed by atoms with Gasteiger partial charge in [-0.05, 0) is 60.5 Å². The number of urea groups is 1. The van der Waals surface area contributed by atoms with Crippen LogP contribution in [0.5, 0.6) is 5.75 Å². The smallest absolute Gasteiger partial charge is 0.409 e. The van der Waals surface area contributed by atoms with Gasteiger partial charge in [0.1, 0.15) is 11.8 Å². The number of aromatic nitrogens is 1. The quantitative estimate of drug-likeness (QED) is 0.502. The molecule has 0 bridgehead atoms. The number of aryl methyl sites for hydroxylation is 1. The van der Waals surface area contributed by atoms with Crippen molar-refractivity contribution in [2.24, 2.45) is 0 Å². The molecule has 1 aliphatic rings. The zero-order valence-electron chi connectivity index (χ0n) is 17.2. The highest BCUT2D eigenvalue weighted by Gasteiger charge is 2.50. The largest absolute Gasteiger partial charge is 0.497 e. The van der Waals surface area contributed by atoms with Crippen molar-refractivity contribution in [3.63, 3.8) is 0 Å². The third-order valence-corrected chi connectivity index (χ3v) is 5.74. The topological polar surface area (TPSA) is 54.5 Å². The number of carbonyl (C=O) groups excluding carboxylic acids is 1. The Balaban J connectivity index is 1.67. The van der Waals surface area contributed by atoms with Crippen molar-refractivity contribution in [3.8, 4) is 16.9 Å². The number of fused-ring (bicyclic) bond motifs is 1. The average molecular weight is 462 g/mol. The summed E-state index contributed by atoms with van der Waals surface area (Å²) in [5, 5.41) is 3.02. The van der Waals surface area contributed by atoms with Crippen LogP contribution in [0.3, 0.4) is 0 Å². The number of nitrogens with zero attached hydrogens (tertiary/aromatic N) is 2. The third kappa shape index (κ3) is 4.10. The van der Waals surface area contributed by atoms with Crippen LogP contribution in [0.15, 0.2) is 54.9 Å². The summed E-state index contributed by atoms with van der Waals surface area (Å²) >= 11 is 6.33. The number of nitrogens with one attached hydrogen (secondary N) is 1. The average Bonchev–Trinajstić information content (AvgIpc) is 3.15. The minimum atomic E-state index is -4.60. The summed E-state index contributed by atoms with van der Waals surface area (Å²) in [4.78, 5) is 17.9. The van der Waals surface area contributed by atoms with Gasteiger partial charge in [0.15, 0.2) is 0 Å². The summed E-state index contributed by atoms with van der Waals surface area (Å²) in [5.41, 5.74) is 3.22. The van der Waals surface area contributed by atoms with Gasteiger partial charge in [-0.3, -0.25) is 9.88 Å². The molecule has 1 aliphatic heterocycles. The molecule has 0 spiro atoms. The molecule has 2 heterocycles. The lowest BCUT2D eigenvalue weighted by molar-refractivity contribution is -0.145. The van der Waals surface area contributed by atoms with Gasteiger partial charge in [-0.15, -0.1) is 0 Å². The standard InChI is InChI=1S/C23H19ClF3N3O2/c1-13-7-8-28-12-18(13)17-11-15(3-5-19(17)24)29-22(31)30-20-6-4-16(32-2)9-14(20)10-21(30)23(25,26)27/h3-9,11-12,21H,10H2,1-2H3,(H,29,31)/t21-/m0/s1. The first kappa shape index (κ1) is 22.0. The maximum Gasteiger partial charge on any atom is 0.409 e. The molecule has 1 atom stereocenters. The summed E-state index contributed by atoms with van der Waals surface area (Å²) in [5.74, 6) is 0.432. The predicted octanol–water partition coefficient (Wildman–Crippen LogP) is 6.24. The van der Waals surface area contributed by atoms with Gasteiger partial charge in [-0.25, -0.2) is 4.79 Å². The fourth-order valence-electron chi connectivity index (χ4n) is 3.81. The Hall–Kier alpha value is -3.26. The second-order valence-corrected chi connectivity index (χ2v) is 7.85. The van der Waals surface area contributed by atoms with Gasteiger partial charge < -0.3 is 10.1 Å². The van der Waals surface area contributed by atoms with Crippen molar-refractivity contribution in [2.75, 3.05) is 17.3 Å². The molecule has 2 aromatic carbocycles. The Morgan fingerprint density at radius 3 is 2.66 bits per heavy atom. The fraction of sp³-hybridized carbons (Fsp3) is 0.217. The molecule has 0 aliphatic carbocycles. The molecule has 0 fully saturated rings. The van der Waals surface area contributed by atoms with Gasteiger partial charge >= 0.3 is 12.2 Å². The van der Waals surface area contributed by atoms with Crippen LogP contribution in [0.4, 0.5) is 29.3 Å². The van der Waals surface area contributed by atoms with Crippen LogP contribution in [-0.2, 0) is 6.42 Å². The van der Waals surface area contributed by atoms with Gasteiger partial charge in [0.05, 0.1) is 7.11 Å².